The van der Waals surface area contributed by atoms with E-state index >= 15 is 0 Å². The fraction of sp³-hybridized carbons (Fsp3) is 0.547. The molecule has 0 aromatic heterocycles. The minimum atomic E-state index is -3.63. The quantitative estimate of drug-likeness (QED) is 0.0120. The third-order valence-corrected chi connectivity index (χ3v) is 62.2. The number of hydrogen-bond acceptors (Lipinski definition) is 8. The second kappa shape index (κ2) is 49.4. The number of unbranched alkanes of at least 4 members (excludes halogenated alkanes) is 10. The van der Waals surface area contributed by atoms with Crippen molar-refractivity contribution in [1.29, 1.82) is 0 Å². The molecule has 0 unspecified atom stereocenters. The van der Waals surface area contributed by atoms with Crippen molar-refractivity contribution in [1.82, 2.24) is 19.6 Å². The number of carbonyl (C=O) groups is 8. The molecule has 0 saturated carbocycles. The number of benzene rings is 10. The van der Waals surface area contributed by atoms with Crippen LogP contribution in [-0.4, -0.2) is 216 Å². The maximum atomic E-state index is 14.6. The molecule has 10 aromatic carbocycles. The van der Waals surface area contributed by atoms with Gasteiger partial charge in [0, 0.05) is 126 Å². The third kappa shape index (κ3) is 23.0. The van der Waals surface area contributed by atoms with Gasteiger partial charge in [-0.05, 0) is 76.9 Å². The van der Waals surface area contributed by atoms with Gasteiger partial charge in [0.1, 0.15) is 0 Å². The van der Waals surface area contributed by atoms with Crippen molar-refractivity contribution in [2.24, 2.45) is 23.7 Å². The Labute approximate surface area is 820 Å². The van der Waals surface area contributed by atoms with E-state index < -0.39 is 70.7 Å². The van der Waals surface area contributed by atoms with Crippen molar-refractivity contribution in [3.8, 4) is 0 Å². The molecule has 0 saturated heterocycles. The first kappa shape index (κ1) is 106. The minimum absolute atomic E-state index is 0.160. The molecule has 131 heavy (non-hydrogen) atoms. The summed E-state index contributed by atoms with van der Waals surface area (Å²) in [5.41, 5.74) is 4.72. The Hall–Kier alpha value is -5.18. The average molecular weight is 2130 g/mol. The molecule has 0 atom stereocenters. The first-order chi connectivity index (χ1) is 62.9. The van der Waals surface area contributed by atoms with E-state index in [2.05, 4.69) is 151 Å². The van der Waals surface area contributed by atoms with E-state index in [-0.39, 0.29) is 53.6 Å². The van der Waals surface area contributed by atoms with Crippen LogP contribution in [-0.2, 0) is 0 Å². The van der Waals surface area contributed by atoms with Gasteiger partial charge >= 0.3 is 498 Å². The zero-order chi connectivity index (χ0) is 95.0. The van der Waals surface area contributed by atoms with E-state index in [0.29, 0.717) is 105 Å². The van der Waals surface area contributed by atoms with Crippen LogP contribution in [0.5, 0.6) is 0 Å². The molecule has 5 aliphatic rings. The average Bonchev–Trinajstić information content (AvgIpc) is 1.49. The maximum absolute atomic E-state index is 14.6. The molecule has 10 aromatic rings. The van der Waals surface area contributed by atoms with Crippen LogP contribution in [0.4, 0.5) is 0 Å². The molecule has 15 rings (SSSR count). The van der Waals surface area contributed by atoms with E-state index in [1.807, 2.05) is 54.6 Å². The van der Waals surface area contributed by atoms with E-state index in [0.717, 1.165) is 168 Å². The monoisotopic (exact) mass is 2140 g/mol. The number of imide groups is 4. The third-order valence-electron chi connectivity index (χ3n) is 28.4. The molecule has 679 valence electrons. The second-order valence-corrected chi connectivity index (χ2v) is 70.1. The molecule has 13 radical (unpaired) electrons. The minimum Gasteiger partial charge on any atom is 0 e. The predicted molar refractivity (Wildman–Crippen MR) is 576 cm³/mol. The molecule has 25 heteroatoms. The molecule has 8 amide bonds. The van der Waals surface area contributed by atoms with Crippen molar-refractivity contribution >= 4 is 279 Å². The number of halogens is 1. The number of carbonyl (C=O) groups excluding carboxylic acids is 8. The summed E-state index contributed by atoms with van der Waals surface area (Å²) in [5, 5.41) is 14.7. The van der Waals surface area contributed by atoms with Gasteiger partial charge < -0.3 is 0 Å². The van der Waals surface area contributed by atoms with Crippen LogP contribution in [0, 0.1) is 23.7 Å². The molecular weight excluding hydrogens is 1990 g/mol. The van der Waals surface area contributed by atoms with Gasteiger partial charge in [0.25, 0.3) is 23.6 Å². The summed E-state index contributed by atoms with van der Waals surface area (Å²) in [5.74, 6) is 0.415. The topological polar surface area (TPSA) is 150 Å². The van der Waals surface area contributed by atoms with Crippen LogP contribution in [0.3, 0.4) is 0 Å². The first-order valence-electron chi connectivity index (χ1n) is 50.8. The number of fused-ring (bicyclic) bond motifs is 3. The zero-order valence-electron chi connectivity index (χ0n) is 82.3. The van der Waals surface area contributed by atoms with Crippen molar-refractivity contribution < 1.29 is 38.4 Å². The maximum Gasteiger partial charge on any atom is 0 e. The number of nitrogens with zero attached hydrogens (tertiary/aromatic N) is 4. The van der Waals surface area contributed by atoms with E-state index in [4.69, 9.17) is 38.7 Å². The SMILES string of the molecule is CC(C)CCCCN1C(=O)c2ccc3c4ccc5c6c(ccc(c7c(Br)cc(c2c37)C1=O)c64)C(=O)N(CCCC(C)C)C5=O.CCC[CH2][Sn]([CH2]CCC)[CH2]CCC.CCC[CH2][Sn]([CH2]CCC)[CH2]CCC.CCC[CH2][Sn]1([CH2]CCC)[c]2cc3c4c(ccc5c6ccc7c8c(c[c]1c(c2c45)c86)C(=O)N(CCCC(C)C)C7=O)C(=O)N(CCCCC(C)C)C3=O.[B][B]B(B([B])[B])B([B])[B]. The Morgan fingerprint density at radius 2 is 0.557 bits per heavy atom. The molecule has 0 spiro atoms. The largest absolute Gasteiger partial charge is 0 e. The van der Waals surface area contributed by atoms with Crippen molar-refractivity contribution in [3.63, 3.8) is 0 Å². The van der Waals surface area contributed by atoms with Crippen molar-refractivity contribution in [2.45, 2.75) is 313 Å². The summed E-state index contributed by atoms with van der Waals surface area (Å²) in [4.78, 5) is 118. The van der Waals surface area contributed by atoms with Gasteiger partial charge in [-0.1, -0.05) is 74.7 Å². The normalized spacial score (nSPS) is 14.3. The predicted octanol–water partition coefficient (Wildman–Crippen LogP) is 25.0. The van der Waals surface area contributed by atoms with Gasteiger partial charge in [0.2, 0.25) is 0 Å². The first-order valence-corrected chi connectivity index (χ1v) is 70.6. The van der Waals surface area contributed by atoms with E-state index in [1.165, 1.54) is 122 Å². The Balaban J connectivity index is 0.000000187. The van der Waals surface area contributed by atoms with Crippen LogP contribution in [0.1, 0.15) is 361 Å². The molecule has 5 heterocycles. The van der Waals surface area contributed by atoms with Crippen LogP contribution in [0.25, 0.3) is 86.2 Å². The number of amides is 8. The molecule has 0 aliphatic carbocycles. The van der Waals surface area contributed by atoms with E-state index in [9.17, 15) is 38.4 Å². The Morgan fingerprint density at radius 1 is 0.305 bits per heavy atom. The van der Waals surface area contributed by atoms with Gasteiger partial charge in [0.05, 0.1) is 0 Å². The van der Waals surface area contributed by atoms with Crippen LogP contribution in [0.2, 0.25) is 35.5 Å². The number of hydrogen-bond donors (Lipinski definition) is 0. The summed E-state index contributed by atoms with van der Waals surface area (Å²) >= 11 is -1.52. The van der Waals surface area contributed by atoms with Gasteiger partial charge in [-0.2, -0.15) is 0 Å². The molecule has 5 aliphatic heterocycles. The Bertz CT molecular complexity index is 5630. The molecule has 12 nitrogen and oxygen atoms in total. The number of rotatable bonds is 45. The van der Waals surface area contributed by atoms with E-state index in [1.54, 1.807) is 26.6 Å². The van der Waals surface area contributed by atoms with Crippen LogP contribution in [0.15, 0.2) is 83.3 Å². The molecule has 0 N–H and O–H groups in total. The Morgan fingerprint density at radius 3 is 0.832 bits per heavy atom. The summed E-state index contributed by atoms with van der Waals surface area (Å²) in [6.07, 6.45) is 29.7. The Kier molecular flexibility index (Phi) is 40.1. The molecular formula is C106H141B9BrN4O8Sn3. The van der Waals surface area contributed by atoms with Crippen molar-refractivity contribution in [2.75, 3.05) is 26.2 Å². The smallest absolute Gasteiger partial charge is 0 e. The summed E-state index contributed by atoms with van der Waals surface area (Å²) < 4.78 is 15.8. The van der Waals surface area contributed by atoms with Gasteiger partial charge in [-0.15, -0.1) is 0 Å². The summed E-state index contributed by atoms with van der Waals surface area (Å²) in [6, 6.07) is 25.7. The zero-order valence-corrected chi connectivity index (χ0v) is 92.5. The molecule has 0 fully saturated rings. The van der Waals surface area contributed by atoms with Gasteiger partial charge in [-0.25, -0.2) is 0 Å². The van der Waals surface area contributed by atoms with Gasteiger partial charge in [0.15, 0.2) is 0 Å². The summed E-state index contributed by atoms with van der Waals surface area (Å²) in [6.45, 7) is 37.6. The molecule has 0 bridgehead atoms. The fourth-order valence-electron chi connectivity index (χ4n) is 21.1. The summed E-state index contributed by atoms with van der Waals surface area (Å²) in [7, 11) is 27.5. The van der Waals surface area contributed by atoms with Crippen molar-refractivity contribution in [3.05, 3.63) is 128 Å². The fourth-order valence-corrected chi connectivity index (χ4v) is 57.3. The second-order valence-electron chi connectivity index (χ2n) is 40.0. The standard InChI is InChI=1S/C37H35BrN2O4.C37H34N2O4.8C4H9.B9.3Sn/c1-19(2)8-5-6-16-39-36(43)26-14-11-22-21-10-13-24-30-25(35(42)40(34(24)41)17-7-9-20(3)4)15-12-23(29(21)30)32-28(38)18-27(37(39)44)31(26)33(22)32;1-20(2)8-5-6-18-38-34(40)26-14-10-22-24-12-16-28-33-29(37(43)39(36(28)42)19-7-9-21(3)4)17-13-25(31(24)33)23-11-15-27(35(38)41)32(26)30(22)23;8*1-3-4-2;1-6-9(7(2)3)8(4)5;;;/h10-15,18-20H,5-9,16-17H2,1-4H3;10,12,14-17,20-21H,5-9,18-19H2,1-4H3;8*1,3-4H2,2H3;;;;. The van der Waals surface area contributed by atoms with Crippen LogP contribution >= 0.6 is 15.9 Å². The van der Waals surface area contributed by atoms with Gasteiger partial charge in [-0.3, -0.25) is 29.0 Å². The van der Waals surface area contributed by atoms with Crippen LogP contribution < -0.4 is 7.16 Å².